The Labute approximate surface area is 508 Å². The van der Waals surface area contributed by atoms with Gasteiger partial charge in [-0.05, 0) is 126 Å². The van der Waals surface area contributed by atoms with Gasteiger partial charge in [0.2, 0.25) is 0 Å². The molecule has 8 aromatic carbocycles. The fraction of sp³-hybridized carbons (Fsp3) is 0.239. The third-order valence-corrected chi connectivity index (χ3v) is 13.3. The summed E-state index contributed by atoms with van der Waals surface area (Å²) in [5.74, 6) is -2.39. The third kappa shape index (κ3) is 10.7. The Bertz CT molecular complexity index is 4800. The van der Waals surface area contributed by atoms with Crippen LogP contribution in [0.3, 0.4) is 0 Å². The fourth-order valence-corrected chi connectivity index (χ4v) is 9.44. The smallest absolute Gasteiger partial charge is 0.148 e. The molecule has 5 heteroatoms. The molecule has 0 atom stereocenters. The number of rotatable bonds is 8. The number of phenolic OH excluding ortho intramolecular Hbond substituents is 1. The van der Waals surface area contributed by atoms with Crippen LogP contribution in [0.15, 0.2) is 182 Å². The van der Waals surface area contributed by atoms with Crippen LogP contribution in [0.1, 0.15) is 151 Å². The summed E-state index contributed by atoms with van der Waals surface area (Å²) in [6.07, 6.45) is 1.33. The van der Waals surface area contributed by atoms with Crippen LogP contribution in [-0.2, 0) is 42.7 Å². The molecule has 10 aromatic rings. The molecule has 0 radical (unpaired) electrons. The summed E-state index contributed by atoms with van der Waals surface area (Å²) in [6.45, 7) is -33.8. The first-order valence-corrected chi connectivity index (χ1v) is 23.9. The molecule has 0 fully saturated rings. The van der Waals surface area contributed by atoms with Gasteiger partial charge in [-0.15, -0.1) is 23.8 Å². The zero-order chi connectivity index (χ0) is 78.2. The molecule has 0 saturated heterocycles. The van der Waals surface area contributed by atoms with E-state index in [1.165, 1.54) is 72.9 Å². The van der Waals surface area contributed by atoms with Gasteiger partial charge in [0, 0.05) is 79.6 Å². The molecule has 0 aliphatic rings. The van der Waals surface area contributed by atoms with Gasteiger partial charge < -0.3 is 5.11 Å². The van der Waals surface area contributed by atoms with Crippen molar-refractivity contribution < 1.29 is 67.3 Å². The summed E-state index contributed by atoms with van der Waals surface area (Å²) < 4.78 is 267. The molecule has 0 saturated carbocycles. The van der Waals surface area contributed by atoms with Crippen molar-refractivity contribution in [1.82, 2.24) is 14.5 Å². The first-order chi connectivity index (χ1) is 48.0. The van der Waals surface area contributed by atoms with Crippen molar-refractivity contribution in [2.24, 2.45) is 0 Å². The minimum Gasteiger partial charge on any atom is -0.507 e. The van der Waals surface area contributed by atoms with Crippen LogP contribution in [0, 0.1) is 12.9 Å². The van der Waals surface area contributed by atoms with E-state index >= 15 is 0 Å². The second-order valence-corrected chi connectivity index (χ2v) is 19.8. The topological polar surface area (TPSA) is 50.9 Å². The Morgan fingerprint density at radius 1 is 0.474 bits per heavy atom. The van der Waals surface area contributed by atoms with Gasteiger partial charge in [-0.1, -0.05) is 227 Å². The number of aromatic nitrogens is 3. The molecular weight excluding hydrogens is 1110 g/mol. The van der Waals surface area contributed by atoms with E-state index in [2.05, 4.69) is 6.07 Å². The fourth-order valence-electron chi connectivity index (χ4n) is 9.44. The van der Waals surface area contributed by atoms with E-state index in [1.54, 1.807) is 72.8 Å². The quantitative estimate of drug-likeness (QED) is 0.154. The number of fused-ring (bicyclic) bond motifs is 1. The Balaban J connectivity index is 0.0000130. The summed E-state index contributed by atoms with van der Waals surface area (Å²) >= 11 is 0. The molecular formula is C71H70N3OPt-. The van der Waals surface area contributed by atoms with E-state index in [4.69, 9.17) is 51.1 Å². The summed E-state index contributed by atoms with van der Waals surface area (Å²) in [5, 5.41) is 13.2. The van der Waals surface area contributed by atoms with Gasteiger partial charge in [-0.25, -0.2) is 4.98 Å². The molecule has 0 spiro atoms. The zero-order valence-corrected chi connectivity index (χ0v) is 43.7. The van der Waals surface area contributed by atoms with Gasteiger partial charge in [0.25, 0.3) is 0 Å². The molecule has 0 unspecified atom stereocenters. The number of aryl methyl sites for hydroxylation is 1. The van der Waals surface area contributed by atoms with E-state index in [1.807, 2.05) is 45.0 Å². The predicted molar refractivity (Wildman–Crippen MR) is 317 cm³/mol. The van der Waals surface area contributed by atoms with Crippen LogP contribution >= 0.6 is 0 Å². The van der Waals surface area contributed by atoms with Gasteiger partial charge in [0.15, 0.2) is 0 Å². The summed E-state index contributed by atoms with van der Waals surface area (Å²) in [6, 6.07) is 47.6. The molecule has 2 aromatic heterocycles. The average Bonchev–Trinajstić information content (AvgIpc) is 0.902. The number of hydrogen-bond acceptors (Lipinski definition) is 3. The van der Waals surface area contributed by atoms with Gasteiger partial charge in [-0.2, -0.15) is 0 Å². The minimum absolute atomic E-state index is 0. The number of aromatic hydroxyl groups is 1. The third-order valence-electron chi connectivity index (χ3n) is 13.3. The number of benzene rings is 8. The molecule has 0 aliphatic carbocycles. The predicted octanol–water partition coefficient (Wildman–Crippen LogP) is 19.1. The monoisotopic (exact) mass is 1210 g/mol. The standard InChI is InChI=1S/C71H70N3O.Pt/c1-45-37-49(46-21-16-14-17-22-46)30-34-63(45)74-64-26-20-25-57(65(64)73-67(74)59-43-56(69(5,6)7)44-61(66(59)75)71(11,12)13)53-38-52(48-27-31-55(32-28-48)68(2,3)4)39-54(40-53)62-42-51(35-36-72-62)58-41-50(47-23-18-15-19-24-47)29-33-60(58)70(8,9)10;/h14-39,41-44,75H,1-13H3;/q-1;/i1D3,5D3,6D3,7D3,8D3,9D3,10D3,11D3,12D3,13D3;. The van der Waals surface area contributed by atoms with Crippen LogP contribution < -0.4 is 0 Å². The van der Waals surface area contributed by atoms with Gasteiger partial charge >= 0.3 is 0 Å². The van der Waals surface area contributed by atoms with Crippen LogP contribution in [0.5, 0.6) is 5.75 Å². The van der Waals surface area contributed by atoms with Crippen molar-refractivity contribution in [3.63, 3.8) is 0 Å². The number of hydrogen-bond donors (Lipinski definition) is 1. The number of pyridine rings is 1. The molecule has 1 N–H and O–H groups in total. The molecule has 0 bridgehead atoms. The minimum atomic E-state index is -4.34. The number of phenols is 1. The van der Waals surface area contributed by atoms with Crippen LogP contribution in [0.4, 0.5) is 0 Å². The Morgan fingerprint density at radius 2 is 1.09 bits per heavy atom. The second-order valence-electron chi connectivity index (χ2n) is 19.8. The van der Waals surface area contributed by atoms with Gasteiger partial charge in [0.1, 0.15) is 11.6 Å². The molecule has 76 heavy (non-hydrogen) atoms. The first-order valence-electron chi connectivity index (χ1n) is 38.9. The summed E-state index contributed by atoms with van der Waals surface area (Å²) in [7, 11) is 0. The molecule has 0 aliphatic heterocycles. The van der Waals surface area contributed by atoms with Gasteiger partial charge in [0.05, 0.1) is 22.3 Å². The van der Waals surface area contributed by atoms with Crippen molar-refractivity contribution in [2.75, 3.05) is 0 Å². The van der Waals surface area contributed by atoms with Crippen LogP contribution in [-0.4, -0.2) is 19.6 Å². The number of imidazole rings is 1. The second kappa shape index (κ2) is 20.4. The zero-order valence-electron chi connectivity index (χ0n) is 71.4. The number of nitrogens with zero attached hydrogens (tertiary/aromatic N) is 3. The maximum Gasteiger partial charge on any atom is 0.148 e. The van der Waals surface area contributed by atoms with E-state index in [0.717, 1.165) is 10.1 Å². The van der Waals surface area contributed by atoms with Crippen molar-refractivity contribution in [1.29, 1.82) is 0 Å². The van der Waals surface area contributed by atoms with E-state index in [-0.39, 0.29) is 82.8 Å². The maximum atomic E-state index is 13.2. The molecule has 4 nitrogen and oxygen atoms in total. The average molecular weight is 1210 g/mol. The van der Waals surface area contributed by atoms with E-state index in [9.17, 15) is 5.11 Å². The van der Waals surface area contributed by atoms with Crippen LogP contribution in [0.25, 0.3) is 95.0 Å². The Morgan fingerprint density at radius 3 is 1.75 bits per heavy atom. The largest absolute Gasteiger partial charge is 0.507 e. The number of para-hydroxylation sites is 1. The van der Waals surface area contributed by atoms with Crippen LogP contribution in [0.2, 0.25) is 0 Å². The van der Waals surface area contributed by atoms with Crippen molar-refractivity contribution in [3.8, 4) is 89.7 Å². The summed E-state index contributed by atoms with van der Waals surface area (Å²) in [5.41, 5.74) is -14.1. The molecule has 10 rings (SSSR count). The first kappa shape index (κ1) is 27.8. The van der Waals surface area contributed by atoms with Crippen molar-refractivity contribution in [3.05, 3.63) is 216 Å². The maximum absolute atomic E-state index is 13.2. The molecule has 0 amide bonds. The Hall–Kier alpha value is -7.13. The van der Waals surface area contributed by atoms with E-state index < -0.39 is 124 Å². The van der Waals surface area contributed by atoms with Crippen molar-refractivity contribution >= 4 is 11.0 Å². The summed E-state index contributed by atoms with van der Waals surface area (Å²) in [4.78, 5) is 9.80. The Kier molecular flexibility index (Phi) is 7.47. The molecule has 2 heterocycles. The van der Waals surface area contributed by atoms with E-state index in [0.29, 0.717) is 39.4 Å². The normalized spacial score (nSPS) is 19.7. The van der Waals surface area contributed by atoms with Gasteiger partial charge in [-0.3, -0.25) is 9.55 Å². The molecule has 386 valence electrons. The van der Waals surface area contributed by atoms with Crippen molar-refractivity contribution in [2.45, 2.75) is 111 Å². The SMILES string of the molecule is [2H]C([2H])([2H])c1cc(-c2ccccc2)ccc1-n1c(-c2cc(C(C([2H])([2H])[2H])(C([2H])([2H])[2H])C([2H])([2H])[2H])cc(C(C([2H])([2H])[2H])(C([2H])([2H])[2H])C([2H])([2H])[2H])c2O)nc2c(-c3[c-]c(-c4cc(-c5cc(-c6ccccc6)ccc5C(C([2H])([2H])[2H])(C([2H])([2H])[2H])C([2H])([2H])[2H])ccn4)cc(-c4ccc(C(C)(C)C)cc4)c3)cccc21.[Pt].